The fraction of sp³-hybridized carbons (Fsp3) is 0.207. The maximum absolute atomic E-state index is 13.3. The van der Waals surface area contributed by atoms with E-state index in [1.54, 1.807) is 37.3 Å². The summed E-state index contributed by atoms with van der Waals surface area (Å²) in [6.45, 7) is 8.49. The van der Waals surface area contributed by atoms with Gasteiger partial charge in [0.25, 0.3) is 11.8 Å². The third-order valence-corrected chi connectivity index (χ3v) is 6.64. The van der Waals surface area contributed by atoms with E-state index in [2.05, 4.69) is 47.2 Å². The molecule has 0 radical (unpaired) electrons. The predicted octanol–water partition coefficient (Wildman–Crippen LogP) is 6.02. The number of anilines is 1. The van der Waals surface area contributed by atoms with Crippen LogP contribution in [0.5, 0.6) is 11.5 Å². The van der Waals surface area contributed by atoms with E-state index in [0.717, 1.165) is 16.0 Å². The van der Waals surface area contributed by atoms with Crippen LogP contribution in [-0.4, -0.2) is 24.5 Å². The predicted molar refractivity (Wildman–Crippen MR) is 146 cm³/mol. The van der Waals surface area contributed by atoms with E-state index in [1.165, 1.54) is 17.2 Å². The topological polar surface area (TPSA) is 84.9 Å². The molecule has 0 unspecified atom stereocenters. The molecule has 0 saturated carbocycles. The van der Waals surface area contributed by atoms with Crippen molar-refractivity contribution in [1.82, 2.24) is 5.32 Å². The first-order valence-corrected chi connectivity index (χ1v) is 12.6. The second kappa shape index (κ2) is 11.0. The molecule has 190 valence electrons. The number of hydrogen-bond acceptors (Lipinski definition) is 5. The Bertz CT molecular complexity index is 1430. The minimum absolute atomic E-state index is 0.166. The van der Waals surface area contributed by atoms with Gasteiger partial charge in [0.15, 0.2) is 11.5 Å². The molecule has 3 aromatic rings. The first-order valence-electron chi connectivity index (χ1n) is 11.8. The van der Waals surface area contributed by atoms with Crippen LogP contribution in [0.4, 0.5) is 10.5 Å². The Morgan fingerprint density at radius 2 is 1.68 bits per heavy atom. The van der Waals surface area contributed by atoms with Gasteiger partial charge in [-0.15, -0.1) is 0 Å². The number of aryl methyl sites for hydroxylation is 3. The van der Waals surface area contributed by atoms with Crippen LogP contribution in [0.2, 0.25) is 0 Å². The highest BCUT2D eigenvalue weighted by Gasteiger charge is 2.37. The molecule has 0 aliphatic carbocycles. The summed E-state index contributed by atoms with van der Waals surface area (Å²) in [6, 6.07) is 15.8. The molecule has 0 atom stereocenters. The second-order valence-electron chi connectivity index (χ2n) is 8.71. The average molecular weight is 563 g/mol. The van der Waals surface area contributed by atoms with Gasteiger partial charge in [0.1, 0.15) is 12.2 Å². The third-order valence-electron chi connectivity index (χ3n) is 6.06. The summed E-state index contributed by atoms with van der Waals surface area (Å²) in [7, 11) is 0. The molecule has 1 heterocycles. The van der Waals surface area contributed by atoms with Crippen LogP contribution in [0.3, 0.4) is 0 Å². The number of barbiturate groups is 1. The van der Waals surface area contributed by atoms with Crippen LogP contribution >= 0.6 is 15.9 Å². The van der Waals surface area contributed by atoms with Crippen molar-refractivity contribution in [3.05, 3.63) is 92.5 Å². The van der Waals surface area contributed by atoms with E-state index in [1.807, 2.05) is 19.1 Å². The lowest BCUT2D eigenvalue weighted by Crippen LogP contribution is -2.54. The van der Waals surface area contributed by atoms with Gasteiger partial charge in [0.05, 0.1) is 16.8 Å². The first kappa shape index (κ1) is 26.2. The van der Waals surface area contributed by atoms with Crippen LogP contribution in [0, 0.1) is 20.8 Å². The fourth-order valence-corrected chi connectivity index (χ4v) is 4.55. The number of rotatable bonds is 7. The summed E-state index contributed by atoms with van der Waals surface area (Å²) in [5.41, 5.74) is 4.92. The smallest absolute Gasteiger partial charge is 0.335 e. The van der Waals surface area contributed by atoms with Crippen LogP contribution in [0.25, 0.3) is 6.08 Å². The fourth-order valence-electron chi connectivity index (χ4n) is 3.98. The number of benzene rings is 3. The number of amides is 4. The van der Waals surface area contributed by atoms with Gasteiger partial charge >= 0.3 is 6.03 Å². The van der Waals surface area contributed by atoms with E-state index in [-0.39, 0.29) is 5.57 Å². The van der Waals surface area contributed by atoms with Crippen molar-refractivity contribution in [1.29, 1.82) is 0 Å². The van der Waals surface area contributed by atoms with Crippen molar-refractivity contribution in [3.63, 3.8) is 0 Å². The number of halogens is 1. The van der Waals surface area contributed by atoms with Crippen molar-refractivity contribution in [3.8, 4) is 11.5 Å². The highest BCUT2D eigenvalue weighted by Crippen LogP contribution is 2.38. The van der Waals surface area contributed by atoms with Crippen molar-refractivity contribution < 1.29 is 23.9 Å². The average Bonchev–Trinajstić information content (AvgIpc) is 2.84. The van der Waals surface area contributed by atoms with Gasteiger partial charge in [0.2, 0.25) is 0 Å². The minimum atomic E-state index is -0.785. The van der Waals surface area contributed by atoms with Crippen molar-refractivity contribution in [2.45, 2.75) is 34.3 Å². The van der Waals surface area contributed by atoms with Gasteiger partial charge in [-0.05, 0) is 95.7 Å². The maximum Gasteiger partial charge on any atom is 0.335 e. The summed E-state index contributed by atoms with van der Waals surface area (Å²) in [4.78, 5) is 39.4. The van der Waals surface area contributed by atoms with Crippen molar-refractivity contribution in [2.75, 3.05) is 11.5 Å². The van der Waals surface area contributed by atoms with Gasteiger partial charge in [-0.25, -0.2) is 9.69 Å². The zero-order valence-electron chi connectivity index (χ0n) is 21.1. The number of ether oxygens (including phenoxy) is 2. The lowest BCUT2D eigenvalue weighted by atomic mass is 10.1. The summed E-state index contributed by atoms with van der Waals surface area (Å²) in [6.07, 6.45) is 1.44. The van der Waals surface area contributed by atoms with Crippen LogP contribution < -0.4 is 19.7 Å². The molecule has 4 amide bonds. The van der Waals surface area contributed by atoms with E-state index in [9.17, 15) is 14.4 Å². The Morgan fingerprint density at radius 1 is 0.919 bits per heavy atom. The van der Waals surface area contributed by atoms with E-state index < -0.39 is 17.8 Å². The summed E-state index contributed by atoms with van der Waals surface area (Å²) in [5, 5.41) is 2.26. The highest BCUT2D eigenvalue weighted by atomic mass is 79.9. The molecule has 1 aliphatic heterocycles. The highest BCUT2D eigenvalue weighted by molar-refractivity contribution is 9.10. The molecule has 1 N–H and O–H groups in total. The molecule has 3 aromatic carbocycles. The monoisotopic (exact) mass is 562 g/mol. The minimum Gasteiger partial charge on any atom is -0.490 e. The van der Waals surface area contributed by atoms with Gasteiger partial charge in [-0.1, -0.05) is 36.4 Å². The summed E-state index contributed by atoms with van der Waals surface area (Å²) >= 11 is 3.55. The lowest BCUT2D eigenvalue weighted by molar-refractivity contribution is -0.122. The van der Waals surface area contributed by atoms with Gasteiger partial charge < -0.3 is 9.47 Å². The Balaban J connectivity index is 1.66. The number of urea groups is 1. The van der Waals surface area contributed by atoms with Gasteiger partial charge in [0, 0.05) is 0 Å². The van der Waals surface area contributed by atoms with Gasteiger partial charge in [-0.3, -0.25) is 14.9 Å². The number of para-hydroxylation sites is 1. The summed E-state index contributed by atoms with van der Waals surface area (Å²) in [5.74, 6) is -0.488. The van der Waals surface area contributed by atoms with Crippen molar-refractivity contribution >= 4 is 45.5 Å². The van der Waals surface area contributed by atoms with Crippen LogP contribution in [0.15, 0.2) is 64.6 Å². The molecule has 0 bridgehead atoms. The molecule has 7 nitrogen and oxygen atoms in total. The Labute approximate surface area is 224 Å². The maximum atomic E-state index is 13.3. The van der Waals surface area contributed by atoms with E-state index in [0.29, 0.717) is 40.4 Å². The molecule has 8 heteroatoms. The SMILES string of the molecule is CCOc1cc(/C=C2\C(=O)NC(=O)N(c3ccccc3C)C2=O)cc(Br)c1OCc1ccc(C)c(C)c1. The largest absolute Gasteiger partial charge is 0.490 e. The number of carbonyl (C=O) groups is 3. The molecule has 4 rings (SSSR count). The second-order valence-corrected chi connectivity index (χ2v) is 9.57. The molecular weight excluding hydrogens is 536 g/mol. The van der Waals surface area contributed by atoms with Gasteiger partial charge in [-0.2, -0.15) is 0 Å². The molecule has 1 saturated heterocycles. The van der Waals surface area contributed by atoms with Crippen molar-refractivity contribution in [2.24, 2.45) is 0 Å². The Kier molecular flexibility index (Phi) is 7.78. The molecule has 1 aliphatic rings. The van der Waals surface area contributed by atoms with Crippen LogP contribution in [0.1, 0.15) is 34.7 Å². The standard InChI is InChI=1S/C29H27BrN2O5/c1-5-36-25-15-21(14-23(30)26(25)37-16-20-11-10-17(2)19(4)12-20)13-22-27(33)31-29(35)32(28(22)34)24-9-7-6-8-18(24)3/h6-15H,5,16H2,1-4H3,(H,31,33,35)/b22-13+. The quantitative estimate of drug-likeness (QED) is 0.281. The van der Waals surface area contributed by atoms with E-state index >= 15 is 0 Å². The first-order chi connectivity index (χ1) is 17.7. The number of carbonyl (C=O) groups excluding carboxylic acids is 3. The molecule has 0 aromatic heterocycles. The number of hydrogen-bond donors (Lipinski definition) is 1. The Hall–Kier alpha value is -3.91. The van der Waals surface area contributed by atoms with Crippen LogP contribution in [-0.2, 0) is 16.2 Å². The number of nitrogens with one attached hydrogen (secondary N) is 1. The molecular formula is C29H27BrN2O5. The zero-order valence-corrected chi connectivity index (χ0v) is 22.6. The summed E-state index contributed by atoms with van der Waals surface area (Å²) < 4.78 is 12.5. The number of nitrogens with zero attached hydrogens (tertiary/aromatic N) is 1. The molecule has 0 spiro atoms. The number of imide groups is 2. The normalized spacial score (nSPS) is 14.7. The Morgan fingerprint density at radius 3 is 2.38 bits per heavy atom. The molecule has 1 fully saturated rings. The molecule has 37 heavy (non-hydrogen) atoms. The lowest BCUT2D eigenvalue weighted by Gasteiger charge is -2.27. The zero-order chi connectivity index (χ0) is 26.7. The third kappa shape index (κ3) is 5.59. The van der Waals surface area contributed by atoms with E-state index in [4.69, 9.17) is 9.47 Å².